The molecule has 0 aliphatic carbocycles. The smallest absolute Gasteiger partial charge is 0.258 e. The summed E-state index contributed by atoms with van der Waals surface area (Å²) in [5.41, 5.74) is 6.33. The van der Waals surface area contributed by atoms with Crippen LogP contribution in [0, 0.1) is 6.92 Å². The van der Waals surface area contributed by atoms with Crippen molar-refractivity contribution < 1.29 is 0 Å². The molecule has 160 valence electrons. The third-order valence-corrected chi connectivity index (χ3v) is 5.98. The molecule has 31 heavy (non-hydrogen) atoms. The summed E-state index contributed by atoms with van der Waals surface area (Å²) in [6, 6.07) is 8.52. The van der Waals surface area contributed by atoms with E-state index in [2.05, 4.69) is 52.5 Å². The molecule has 1 aliphatic rings. The summed E-state index contributed by atoms with van der Waals surface area (Å²) in [6.07, 6.45) is 6.80. The molecule has 7 heteroatoms. The van der Waals surface area contributed by atoms with Crippen molar-refractivity contribution in [3.63, 3.8) is 0 Å². The van der Waals surface area contributed by atoms with E-state index in [1.807, 2.05) is 31.6 Å². The molecule has 1 aliphatic heterocycles. The molecule has 7 nitrogen and oxygen atoms in total. The summed E-state index contributed by atoms with van der Waals surface area (Å²) >= 11 is 0. The van der Waals surface area contributed by atoms with Crippen LogP contribution in [0.4, 0.5) is 5.69 Å². The maximum absolute atomic E-state index is 13.0. The van der Waals surface area contributed by atoms with Crippen LogP contribution in [0.3, 0.4) is 0 Å². The monoisotopic (exact) mass is 416 g/mol. The molecule has 1 N–H and O–H groups in total. The number of hydrogen-bond acceptors (Lipinski definition) is 5. The van der Waals surface area contributed by atoms with Gasteiger partial charge in [0.2, 0.25) is 0 Å². The van der Waals surface area contributed by atoms with Gasteiger partial charge in [-0.25, -0.2) is 4.98 Å². The Kier molecular flexibility index (Phi) is 4.78. The van der Waals surface area contributed by atoms with Crippen LogP contribution in [0.15, 0.2) is 47.7 Å². The number of pyridine rings is 1. The SMILES string of the molecule is CCc1nc(C)cn2cc(-c3cc(=O)n4cc(N5C[C@@H](C)N[C@@H](C)C5)ccc4n3)cc12. The zero-order chi connectivity index (χ0) is 21.7. The van der Waals surface area contributed by atoms with Gasteiger partial charge >= 0.3 is 0 Å². The Morgan fingerprint density at radius 1 is 1.06 bits per heavy atom. The van der Waals surface area contributed by atoms with E-state index in [0.29, 0.717) is 23.4 Å². The van der Waals surface area contributed by atoms with Crippen molar-refractivity contribution in [1.29, 1.82) is 0 Å². The third-order valence-electron chi connectivity index (χ3n) is 5.98. The average molecular weight is 417 g/mol. The maximum atomic E-state index is 13.0. The zero-order valence-corrected chi connectivity index (χ0v) is 18.5. The lowest BCUT2D eigenvalue weighted by Gasteiger charge is -2.37. The van der Waals surface area contributed by atoms with E-state index in [9.17, 15) is 4.79 Å². The molecule has 5 rings (SSSR count). The summed E-state index contributed by atoms with van der Waals surface area (Å²) in [6.45, 7) is 10.3. The van der Waals surface area contributed by atoms with E-state index in [0.717, 1.165) is 47.7 Å². The van der Waals surface area contributed by atoms with Gasteiger partial charge in [-0.2, -0.15) is 0 Å². The predicted octanol–water partition coefficient (Wildman–Crippen LogP) is 3.07. The van der Waals surface area contributed by atoms with Crippen molar-refractivity contribution in [1.82, 2.24) is 24.1 Å². The fraction of sp³-hybridized carbons (Fsp3) is 0.375. The maximum Gasteiger partial charge on any atom is 0.258 e. The molecule has 0 radical (unpaired) electrons. The Morgan fingerprint density at radius 2 is 1.84 bits per heavy atom. The molecule has 0 aromatic carbocycles. The van der Waals surface area contributed by atoms with E-state index in [4.69, 9.17) is 4.98 Å². The molecule has 2 atom stereocenters. The normalized spacial score (nSPS) is 19.4. The first kappa shape index (κ1) is 19.8. The van der Waals surface area contributed by atoms with Crippen LogP contribution in [-0.2, 0) is 6.42 Å². The summed E-state index contributed by atoms with van der Waals surface area (Å²) < 4.78 is 3.73. The highest BCUT2D eigenvalue weighted by Crippen LogP contribution is 2.24. The summed E-state index contributed by atoms with van der Waals surface area (Å²) in [5.74, 6) is 0. The number of nitrogens with zero attached hydrogens (tertiary/aromatic N) is 5. The first-order chi connectivity index (χ1) is 14.9. The van der Waals surface area contributed by atoms with Crippen LogP contribution in [0.25, 0.3) is 22.4 Å². The molecule has 1 saturated heterocycles. The van der Waals surface area contributed by atoms with Crippen molar-refractivity contribution in [2.75, 3.05) is 18.0 Å². The number of hydrogen-bond donors (Lipinski definition) is 1. The predicted molar refractivity (Wildman–Crippen MR) is 124 cm³/mol. The molecule has 1 fully saturated rings. The molecule has 4 aromatic rings. The van der Waals surface area contributed by atoms with Crippen LogP contribution < -0.4 is 15.8 Å². The van der Waals surface area contributed by atoms with Crippen LogP contribution in [-0.4, -0.2) is 43.9 Å². The van der Waals surface area contributed by atoms with Gasteiger partial charge < -0.3 is 14.6 Å². The Hall–Kier alpha value is -3.19. The van der Waals surface area contributed by atoms with Crippen LogP contribution in [0.1, 0.15) is 32.2 Å². The van der Waals surface area contributed by atoms with Crippen molar-refractivity contribution >= 4 is 16.9 Å². The van der Waals surface area contributed by atoms with Crippen molar-refractivity contribution in [2.24, 2.45) is 0 Å². The van der Waals surface area contributed by atoms with E-state index < -0.39 is 0 Å². The Morgan fingerprint density at radius 3 is 2.58 bits per heavy atom. The van der Waals surface area contributed by atoms with Gasteiger partial charge in [0.15, 0.2) is 0 Å². The van der Waals surface area contributed by atoms with Crippen molar-refractivity contribution in [3.8, 4) is 11.3 Å². The second kappa shape index (κ2) is 7.50. The lowest BCUT2D eigenvalue weighted by molar-refractivity contribution is 0.407. The van der Waals surface area contributed by atoms with E-state index >= 15 is 0 Å². The van der Waals surface area contributed by atoms with Gasteiger partial charge in [-0.1, -0.05) is 6.92 Å². The molecule has 5 heterocycles. The minimum Gasteiger partial charge on any atom is -0.367 e. The van der Waals surface area contributed by atoms with Gasteiger partial charge in [0.05, 0.1) is 28.3 Å². The van der Waals surface area contributed by atoms with Gasteiger partial charge in [-0.15, -0.1) is 0 Å². The number of piperazine rings is 1. The van der Waals surface area contributed by atoms with E-state index in [1.54, 1.807) is 10.5 Å². The molecule has 4 aromatic heterocycles. The van der Waals surface area contributed by atoms with Crippen molar-refractivity contribution in [2.45, 2.75) is 46.2 Å². The largest absolute Gasteiger partial charge is 0.367 e. The minimum atomic E-state index is -0.0710. The van der Waals surface area contributed by atoms with Crippen LogP contribution >= 0.6 is 0 Å². The molecule has 0 spiro atoms. The highest BCUT2D eigenvalue weighted by atomic mass is 16.1. The number of rotatable bonds is 3. The standard InChI is InChI=1S/C24H28N6O/c1-5-20-22-8-18(13-29(22)12-17(4)26-20)21-9-24(31)30-14-19(6-7-23(30)27-21)28-10-15(2)25-16(3)11-28/h6-9,12-16,25H,5,10-11H2,1-4H3/t15-,16+. The topological polar surface area (TPSA) is 66.9 Å². The Bertz CT molecular complexity index is 1330. The molecule has 0 unspecified atom stereocenters. The number of aryl methyl sites for hydroxylation is 2. The van der Waals surface area contributed by atoms with Gasteiger partial charge in [-0.3, -0.25) is 14.2 Å². The third kappa shape index (κ3) is 3.59. The second-order valence-corrected chi connectivity index (χ2v) is 8.67. The van der Waals surface area contributed by atoms with E-state index in [-0.39, 0.29) is 5.56 Å². The molecule has 0 saturated carbocycles. The van der Waals surface area contributed by atoms with Gasteiger partial charge in [-0.05, 0) is 45.4 Å². The summed E-state index contributed by atoms with van der Waals surface area (Å²) in [5, 5.41) is 3.55. The number of nitrogens with one attached hydrogen (secondary N) is 1. The molecular formula is C24H28N6O. The number of fused-ring (bicyclic) bond motifs is 2. The average Bonchev–Trinajstić information content (AvgIpc) is 3.16. The summed E-state index contributed by atoms with van der Waals surface area (Å²) in [4.78, 5) is 24.8. The first-order valence-electron chi connectivity index (χ1n) is 10.9. The second-order valence-electron chi connectivity index (χ2n) is 8.67. The number of anilines is 1. The Balaban J connectivity index is 1.56. The van der Waals surface area contributed by atoms with Gasteiger partial charge in [0, 0.05) is 55.4 Å². The van der Waals surface area contributed by atoms with Crippen molar-refractivity contribution in [3.05, 3.63) is 64.6 Å². The Labute approximate surface area is 181 Å². The lowest BCUT2D eigenvalue weighted by atomic mass is 10.1. The highest BCUT2D eigenvalue weighted by Gasteiger charge is 2.21. The summed E-state index contributed by atoms with van der Waals surface area (Å²) in [7, 11) is 0. The van der Waals surface area contributed by atoms with Crippen LogP contribution in [0.2, 0.25) is 0 Å². The lowest BCUT2D eigenvalue weighted by Crippen LogP contribution is -2.54. The fourth-order valence-corrected chi connectivity index (χ4v) is 4.68. The van der Waals surface area contributed by atoms with Gasteiger partial charge in [0.1, 0.15) is 5.65 Å². The molecule has 0 bridgehead atoms. The quantitative estimate of drug-likeness (QED) is 0.556. The molecular weight excluding hydrogens is 388 g/mol. The fourth-order valence-electron chi connectivity index (χ4n) is 4.68. The highest BCUT2D eigenvalue weighted by molar-refractivity contribution is 5.70. The zero-order valence-electron chi connectivity index (χ0n) is 18.5. The van der Waals surface area contributed by atoms with Gasteiger partial charge in [0.25, 0.3) is 5.56 Å². The molecule has 0 amide bonds. The van der Waals surface area contributed by atoms with Crippen LogP contribution in [0.5, 0.6) is 0 Å². The van der Waals surface area contributed by atoms with E-state index in [1.165, 1.54) is 0 Å². The number of aromatic nitrogens is 4. The first-order valence-corrected chi connectivity index (χ1v) is 10.9. The minimum absolute atomic E-state index is 0.0710.